The van der Waals surface area contributed by atoms with Gasteiger partial charge in [-0.25, -0.2) is 4.98 Å². The van der Waals surface area contributed by atoms with Gasteiger partial charge < -0.3 is 4.57 Å². The van der Waals surface area contributed by atoms with Crippen LogP contribution in [0.5, 0.6) is 0 Å². The number of rotatable bonds is 0. The highest BCUT2D eigenvalue weighted by Gasteiger charge is 1.99. The van der Waals surface area contributed by atoms with Gasteiger partial charge in [0, 0.05) is 7.05 Å². The van der Waals surface area contributed by atoms with Crippen LogP contribution in [0.25, 0.3) is 0 Å². The first-order valence-corrected chi connectivity index (χ1v) is 2.66. The third-order valence-corrected chi connectivity index (χ3v) is 1.50. The molecule has 2 nitrogen and oxygen atoms in total. The van der Waals surface area contributed by atoms with Gasteiger partial charge in [0.2, 0.25) is 0 Å². The minimum Gasteiger partial charge on any atom is -0.319 e. The molecular weight excluding hydrogens is 147 g/mol. The fraction of sp³-hybridized carbons (Fsp3) is 0. The van der Waals surface area contributed by atoms with Gasteiger partial charge in [-0.15, -0.1) is 0 Å². The molecular formula is C4H3Cl2N2. The molecule has 1 radical (unpaired) electrons. The Morgan fingerprint density at radius 2 is 2.25 bits per heavy atom. The largest absolute Gasteiger partial charge is 0.319 e. The first kappa shape index (κ1) is 5.92. The van der Waals surface area contributed by atoms with Crippen LogP contribution in [0.2, 0.25) is 10.3 Å². The summed E-state index contributed by atoms with van der Waals surface area (Å²) in [6.07, 6.45) is 1.45. The van der Waals surface area contributed by atoms with E-state index in [-0.39, 0.29) is 0 Å². The zero-order chi connectivity index (χ0) is 6.15. The van der Waals surface area contributed by atoms with Gasteiger partial charge in [0.1, 0.15) is 5.15 Å². The van der Waals surface area contributed by atoms with Gasteiger partial charge in [-0.1, -0.05) is 23.2 Å². The molecule has 0 aromatic carbocycles. The van der Waals surface area contributed by atoms with Gasteiger partial charge in [-0.3, -0.25) is 0 Å². The topological polar surface area (TPSA) is 17.8 Å². The normalized spacial score (nSPS) is 9.88. The molecule has 4 heteroatoms. The van der Waals surface area contributed by atoms with Crippen molar-refractivity contribution in [3.05, 3.63) is 23.7 Å². The van der Waals surface area contributed by atoms with Crippen molar-refractivity contribution in [2.24, 2.45) is 0 Å². The molecule has 0 unspecified atom stereocenters. The summed E-state index contributed by atoms with van der Waals surface area (Å²) in [6.45, 7) is 0. The van der Waals surface area contributed by atoms with Crippen molar-refractivity contribution < 1.29 is 0 Å². The number of nitrogens with zero attached hydrogens (tertiary/aromatic N) is 2. The maximum Gasteiger partial charge on any atom is 0.166 e. The molecule has 1 aromatic heterocycles. The molecule has 0 N–H and O–H groups in total. The van der Waals surface area contributed by atoms with Crippen molar-refractivity contribution in [1.29, 1.82) is 0 Å². The Labute approximate surface area is 57.0 Å². The highest BCUT2D eigenvalue weighted by molar-refractivity contribution is 6.40. The van der Waals surface area contributed by atoms with Crippen molar-refractivity contribution in [3.63, 3.8) is 0 Å². The molecule has 0 bridgehead atoms. The zero-order valence-corrected chi connectivity index (χ0v) is 5.45. The van der Waals surface area contributed by atoms with E-state index in [0.717, 1.165) is 0 Å². The summed E-state index contributed by atoms with van der Waals surface area (Å²) in [7, 11) is 3.48. The van der Waals surface area contributed by atoms with Crippen LogP contribution in [0.1, 0.15) is 0 Å². The van der Waals surface area contributed by atoms with Crippen LogP contribution in [0.4, 0.5) is 0 Å². The molecule has 0 aliphatic carbocycles. The monoisotopic (exact) mass is 149 g/mol. The number of imidazole rings is 1. The van der Waals surface area contributed by atoms with E-state index in [1.165, 1.54) is 10.9 Å². The molecule has 0 saturated carbocycles. The van der Waals surface area contributed by atoms with E-state index in [9.17, 15) is 0 Å². The lowest BCUT2D eigenvalue weighted by molar-refractivity contribution is 1.06. The third kappa shape index (κ3) is 0.812. The highest BCUT2D eigenvalue weighted by Crippen LogP contribution is 2.17. The number of hydrogen-bond donors (Lipinski definition) is 0. The third-order valence-electron chi connectivity index (χ3n) is 0.733. The molecule has 0 amide bonds. The predicted octanol–water partition coefficient (Wildman–Crippen LogP) is 1.83. The highest BCUT2D eigenvalue weighted by atomic mass is 35.5. The van der Waals surface area contributed by atoms with Crippen molar-refractivity contribution in [2.75, 3.05) is 0 Å². The van der Waals surface area contributed by atoms with Gasteiger partial charge in [0.25, 0.3) is 0 Å². The molecule has 1 heterocycles. The van der Waals surface area contributed by atoms with E-state index >= 15 is 0 Å². The summed E-state index contributed by atoms with van der Waals surface area (Å²) in [5, 5.41) is 0.660. The first-order chi connectivity index (χ1) is 3.72. The quantitative estimate of drug-likeness (QED) is 0.551. The van der Waals surface area contributed by atoms with Crippen molar-refractivity contribution >= 4 is 23.2 Å². The molecule has 0 atom stereocenters. The summed E-state index contributed by atoms with van der Waals surface area (Å²) in [5.74, 6) is 0. The van der Waals surface area contributed by atoms with Crippen LogP contribution in [0.15, 0.2) is 6.33 Å². The fourth-order valence-electron chi connectivity index (χ4n) is 0.343. The van der Waals surface area contributed by atoms with E-state index in [0.29, 0.717) is 10.3 Å². The number of hydrogen-bond acceptors (Lipinski definition) is 1. The Bertz CT molecular complexity index is 174. The molecule has 0 spiro atoms. The molecule has 43 valence electrons. The standard InChI is InChI=1S/C4H3Cl2N2/c1-8-2-7-3(5)4(8)6/h2H,1H2. The zero-order valence-electron chi connectivity index (χ0n) is 3.93. The Kier molecular flexibility index (Phi) is 1.45. The van der Waals surface area contributed by atoms with E-state index in [4.69, 9.17) is 23.2 Å². The lowest BCUT2D eigenvalue weighted by Gasteiger charge is -1.86. The summed E-state index contributed by atoms with van der Waals surface area (Å²) in [6, 6.07) is 0. The van der Waals surface area contributed by atoms with E-state index in [1.807, 2.05) is 0 Å². The molecule has 0 aliphatic heterocycles. The minimum atomic E-state index is 0.293. The van der Waals surface area contributed by atoms with Gasteiger partial charge in [0.05, 0.1) is 6.33 Å². The maximum atomic E-state index is 5.50. The second-order valence-corrected chi connectivity index (χ2v) is 2.01. The molecule has 0 fully saturated rings. The SMILES string of the molecule is [CH2]n1cnc(Cl)c1Cl. The Morgan fingerprint density at radius 1 is 1.62 bits per heavy atom. The van der Waals surface area contributed by atoms with Crippen molar-refractivity contribution in [3.8, 4) is 0 Å². The summed E-state index contributed by atoms with van der Waals surface area (Å²) < 4.78 is 1.39. The fourth-order valence-corrected chi connectivity index (χ4v) is 0.587. The average Bonchev–Trinajstić information content (AvgIpc) is 1.98. The number of halogens is 2. The minimum absolute atomic E-state index is 0.293. The van der Waals surface area contributed by atoms with Gasteiger partial charge in [0.15, 0.2) is 5.15 Å². The van der Waals surface area contributed by atoms with Crippen LogP contribution in [0, 0.1) is 7.05 Å². The van der Waals surface area contributed by atoms with Gasteiger partial charge >= 0.3 is 0 Å². The van der Waals surface area contributed by atoms with Crippen molar-refractivity contribution in [2.45, 2.75) is 0 Å². The lowest BCUT2D eigenvalue weighted by Crippen LogP contribution is -1.77. The van der Waals surface area contributed by atoms with E-state index in [2.05, 4.69) is 12.0 Å². The van der Waals surface area contributed by atoms with Crippen LogP contribution in [-0.4, -0.2) is 9.55 Å². The Balaban J connectivity index is 3.19. The lowest BCUT2D eigenvalue weighted by atomic mass is 10.9. The second-order valence-electron chi connectivity index (χ2n) is 1.30. The molecule has 1 aromatic rings. The summed E-state index contributed by atoms with van der Waals surface area (Å²) in [5.41, 5.74) is 0. The van der Waals surface area contributed by atoms with Crippen LogP contribution in [0.3, 0.4) is 0 Å². The molecule has 8 heavy (non-hydrogen) atoms. The van der Waals surface area contributed by atoms with Gasteiger partial charge in [-0.2, -0.15) is 0 Å². The Hall–Kier alpha value is -0.210. The Morgan fingerprint density at radius 3 is 2.38 bits per heavy atom. The smallest absolute Gasteiger partial charge is 0.166 e. The molecule has 0 aliphatic rings. The van der Waals surface area contributed by atoms with Crippen LogP contribution < -0.4 is 0 Å². The summed E-state index contributed by atoms with van der Waals surface area (Å²) >= 11 is 10.9. The van der Waals surface area contributed by atoms with Crippen LogP contribution >= 0.6 is 23.2 Å². The van der Waals surface area contributed by atoms with E-state index in [1.54, 1.807) is 0 Å². The number of aromatic nitrogens is 2. The molecule has 0 saturated heterocycles. The predicted molar refractivity (Wildman–Crippen MR) is 33.0 cm³/mol. The molecule has 1 rings (SSSR count). The first-order valence-electron chi connectivity index (χ1n) is 1.91. The van der Waals surface area contributed by atoms with E-state index < -0.39 is 0 Å². The van der Waals surface area contributed by atoms with Gasteiger partial charge in [-0.05, 0) is 0 Å². The maximum absolute atomic E-state index is 5.50. The van der Waals surface area contributed by atoms with Crippen LogP contribution in [-0.2, 0) is 0 Å². The average molecular weight is 150 g/mol. The second kappa shape index (κ2) is 1.96. The summed E-state index contributed by atoms with van der Waals surface area (Å²) in [4.78, 5) is 3.65. The van der Waals surface area contributed by atoms with Crippen molar-refractivity contribution in [1.82, 2.24) is 9.55 Å².